The maximum absolute atomic E-state index is 12.5. The molecule has 1 aromatic heterocycles. The van der Waals surface area contributed by atoms with Crippen molar-refractivity contribution >= 4 is 53.3 Å². The summed E-state index contributed by atoms with van der Waals surface area (Å²) in [5.41, 5.74) is 1.41. The van der Waals surface area contributed by atoms with Crippen LogP contribution in [0.3, 0.4) is 0 Å². The van der Waals surface area contributed by atoms with Crippen molar-refractivity contribution in [2.45, 2.75) is 36.1 Å². The van der Waals surface area contributed by atoms with E-state index in [-0.39, 0.29) is 39.7 Å². The highest BCUT2D eigenvalue weighted by molar-refractivity contribution is 7.91. The third-order valence-electron chi connectivity index (χ3n) is 4.90. The molecule has 1 heterocycles. The number of rotatable bonds is 8. The number of ether oxygens (including phenoxy) is 1. The van der Waals surface area contributed by atoms with Crippen molar-refractivity contribution in [3.8, 4) is 0 Å². The zero-order valence-electron chi connectivity index (χ0n) is 18.4. The Morgan fingerprint density at radius 3 is 2.32 bits per heavy atom. The van der Waals surface area contributed by atoms with E-state index in [2.05, 4.69) is 4.99 Å². The number of nitrogens with zero attached hydrogens (tertiary/aromatic N) is 2. The van der Waals surface area contributed by atoms with Gasteiger partial charge in [0.15, 0.2) is 14.6 Å². The van der Waals surface area contributed by atoms with Crippen molar-refractivity contribution in [1.29, 1.82) is 0 Å². The van der Waals surface area contributed by atoms with Crippen LogP contribution in [0, 0.1) is 6.92 Å². The van der Waals surface area contributed by atoms with Crippen LogP contribution in [0.1, 0.15) is 18.4 Å². The molecule has 0 spiro atoms. The van der Waals surface area contributed by atoms with Gasteiger partial charge in [-0.15, -0.1) is 0 Å². The number of esters is 1. The maximum Gasteiger partial charge on any atom is 0.325 e. The molecule has 2 aromatic carbocycles. The Morgan fingerprint density at radius 2 is 1.71 bits per heavy atom. The number of sulfonamides is 1. The van der Waals surface area contributed by atoms with Gasteiger partial charge in [-0.2, -0.15) is 4.99 Å². The molecular weight excluding hydrogens is 502 g/mol. The molecule has 0 radical (unpaired) electrons. The summed E-state index contributed by atoms with van der Waals surface area (Å²) in [4.78, 5) is 28.6. The number of fused-ring (bicyclic) bond motifs is 1. The van der Waals surface area contributed by atoms with E-state index in [0.717, 1.165) is 16.9 Å². The van der Waals surface area contributed by atoms with E-state index in [1.807, 2.05) is 6.92 Å². The number of nitrogens with two attached hydrogens (primary N) is 1. The molecule has 10 nitrogen and oxygen atoms in total. The van der Waals surface area contributed by atoms with Gasteiger partial charge in [0.1, 0.15) is 6.54 Å². The number of methoxy groups -OCH3 is 1. The van der Waals surface area contributed by atoms with E-state index in [1.165, 1.54) is 42.0 Å². The number of primary sulfonamides is 1. The summed E-state index contributed by atoms with van der Waals surface area (Å²) in [5, 5.41) is 5.18. The molecule has 182 valence electrons. The average Bonchev–Trinajstić information content (AvgIpc) is 3.09. The fraction of sp³-hybridized carbons (Fsp3) is 0.286. The van der Waals surface area contributed by atoms with Crippen molar-refractivity contribution in [2.24, 2.45) is 10.1 Å². The smallest absolute Gasteiger partial charge is 0.325 e. The zero-order valence-corrected chi connectivity index (χ0v) is 20.9. The van der Waals surface area contributed by atoms with Gasteiger partial charge in [-0.3, -0.25) is 9.59 Å². The van der Waals surface area contributed by atoms with Crippen LogP contribution < -0.4 is 9.94 Å². The van der Waals surface area contributed by atoms with Crippen molar-refractivity contribution in [3.05, 3.63) is 52.8 Å². The van der Waals surface area contributed by atoms with Gasteiger partial charge in [0.2, 0.25) is 15.9 Å². The molecule has 0 bridgehead atoms. The van der Waals surface area contributed by atoms with E-state index in [9.17, 15) is 26.4 Å². The fourth-order valence-electron chi connectivity index (χ4n) is 3.10. The predicted molar refractivity (Wildman–Crippen MR) is 126 cm³/mol. The van der Waals surface area contributed by atoms with Crippen LogP contribution in [0.2, 0.25) is 0 Å². The Labute approximate surface area is 200 Å². The number of benzene rings is 2. The Kier molecular flexibility index (Phi) is 7.70. The molecule has 0 saturated heterocycles. The second-order valence-corrected chi connectivity index (χ2v) is 12.1. The lowest BCUT2D eigenvalue weighted by molar-refractivity contribution is -0.141. The Bertz CT molecular complexity index is 1520. The molecule has 0 atom stereocenters. The first-order chi connectivity index (χ1) is 15.9. The molecule has 34 heavy (non-hydrogen) atoms. The molecule has 1 amide bonds. The molecule has 2 N–H and O–H groups in total. The van der Waals surface area contributed by atoms with E-state index in [0.29, 0.717) is 10.2 Å². The number of carbonyl (C=O) groups is 2. The van der Waals surface area contributed by atoms with Crippen LogP contribution in [0.15, 0.2) is 57.2 Å². The van der Waals surface area contributed by atoms with Gasteiger partial charge in [-0.05, 0) is 43.7 Å². The van der Waals surface area contributed by atoms with Crippen molar-refractivity contribution in [2.75, 3.05) is 12.9 Å². The summed E-state index contributed by atoms with van der Waals surface area (Å²) in [6.45, 7) is 1.60. The third-order valence-corrected chi connectivity index (χ3v) is 8.67. The molecule has 3 aromatic rings. The molecule has 0 aliphatic rings. The highest BCUT2D eigenvalue weighted by Gasteiger charge is 2.17. The molecule has 0 saturated carbocycles. The van der Waals surface area contributed by atoms with Gasteiger partial charge >= 0.3 is 5.97 Å². The lowest BCUT2D eigenvalue weighted by Gasteiger charge is -2.05. The Hall–Kier alpha value is -2.87. The second-order valence-electron chi connectivity index (χ2n) is 7.46. The number of sulfone groups is 1. The Morgan fingerprint density at radius 1 is 1.06 bits per heavy atom. The van der Waals surface area contributed by atoms with E-state index < -0.39 is 31.7 Å². The van der Waals surface area contributed by atoms with Crippen LogP contribution in [0.5, 0.6) is 0 Å². The number of aryl methyl sites for hydroxylation is 1. The molecular formula is C21H23N3O7S3. The normalized spacial score (nSPS) is 12.7. The minimum Gasteiger partial charge on any atom is -0.468 e. The van der Waals surface area contributed by atoms with E-state index in [1.54, 1.807) is 12.1 Å². The highest BCUT2D eigenvalue weighted by atomic mass is 32.2. The number of amides is 1. The monoisotopic (exact) mass is 525 g/mol. The molecule has 0 fully saturated rings. The van der Waals surface area contributed by atoms with Crippen molar-refractivity contribution in [3.63, 3.8) is 0 Å². The summed E-state index contributed by atoms with van der Waals surface area (Å²) in [6, 6.07) is 10.6. The van der Waals surface area contributed by atoms with Crippen LogP contribution in [-0.4, -0.2) is 46.1 Å². The summed E-state index contributed by atoms with van der Waals surface area (Å²) in [7, 11) is -6.27. The van der Waals surface area contributed by atoms with Gasteiger partial charge in [0.25, 0.3) is 0 Å². The van der Waals surface area contributed by atoms with Crippen LogP contribution in [0.25, 0.3) is 10.2 Å². The van der Waals surface area contributed by atoms with Gasteiger partial charge in [-0.25, -0.2) is 22.0 Å². The molecule has 3 rings (SSSR count). The first kappa shape index (κ1) is 25.7. The fourth-order valence-corrected chi connectivity index (χ4v) is 6.11. The standard InChI is InChI=1S/C21H23N3O7S3/c1-14-5-7-15(8-6-14)33(27,28)11-3-4-19(25)23-21-24(13-20(26)31-2)17-10-9-16(34(22,29)30)12-18(17)32-21/h5-10,12H,3-4,11,13H2,1-2H3,(H2,22,29,30). The van der Waals surface area contributed by atoms with Gasteiger partial charge in [-0.1, -0.05) is 29.0 Å². The minimum atomic E-state index is -3.95. The quantitative estimate of drug-likeness (QED) is 0.437. The molecule has 0 aliphatic carbocycles. The van der Waals surface area contributed by atoms with E-state index in [4.69, 9.17) is 9.88 Å². The number of thiazole rings is 1. The minimum absolute atomic E-state index is 0.0655. The van der Waals surface area contributed by atoms with Crippen LogP contribution in [-0.2, 0) is 40.7 Å². The highest BCUT2D eigenvalue weighted by Crippen LogP contribution is 2.21. The van der Waals surface area contributed by atoms with Gasteiger partial charge in [0.05, 0.1) is 32.9 Å². The molecule has 0 unspecified atom stereocenters. The predicted octanol–water partition coefficient (Wildman–Crippen LogP) is 1.51. The largest absolute Gasteiger partial charge is 0.468 e. The first-order valence-electron chi connectivity index (χ1n) is 10.0. The summed E-state index contributed by atoms with van der Waals surface area (Å²) in [6.07, 6.45) is -0.0595. The van der Waals surface area contributed by atoms with E-state index >= 15 is 0 Å². The number of hydrogen-bond donors (Lipinski definition) is 1. The summed E-state index contributed by atoms with van der Waals surface area (Å²) >= 11 is 1.00. The molecule has 0 aliphatic heterocycles. The lowest BCUT2D eigenvalue weighted by atomic mass is 10.2. The van der Waals surface area contributed by atoms with Crippen molar-refractivity contribution in [1.82, 2.24) is 4.57 Å². The van der Waals surface area contributed by atoms with Crippen LogP contribution in [0.4, 0.5) is 0 Å². The third kappa shape index (κ3) is 6.17. The zero-order chi connectivity index (χ0) is 25.1. The maximum atomic E-state index is 12.5. The summed E-state index contributed by atoms with van der Waals surface area (Å²) < 4.78 is 54.8. The lowest BCUT2D eigenvalue weighted by Crippen LogP contribution is -2.22. The summed E-state index contributed by atoms with van der Waals surface area (Å²) in [5.74, 6) is -1.38. The second kappa shape index (κ2) is 10.2. The topological polar surface area (TPSA) is 155 Å². The Balaban J connectivity index is 1.85. The number of aromatic nitrogens is 1. The van der Waals surface area contributed by atoms with Crippen LogP contribution >= 0.6 is 11.3 Å². The average molecular weight is 526 g/mol. The van der Waals surface area contributed by atoms with Gasteiger partial charge in [0, 0.05) is 6.42 Å². The molecule has 13 heteroatoms. The van der Waals surface area contributed by atoms with Gasteiger partial charge < -0.3 is 9.30 Å². The number of carbonyl (C=O) groups excluding carboxylic acids is 2. The number of hydrogen-bond acceptors (Lipinski definition) is 8. The first-order valence-corrected chi connectivity index (χ1v) is 14.0. The van der Waals surface area contributed by atoms with Crippen molar-refractivity contribution < 1.29 is 31.2 Å². The SMILES string of the molecule is COC(=O)Cn1c(=NC(=O)CCCS(=O)(=O)c2ccc(C)cc2)sc2cc(S(N)(=O)=O)ccc21.